The van der Waals surface area contributed by atoms with Crippen molar-refractivity contribution < 1.29 is 19.3 Å². The summed E-state index contributed by atoms with van der Waals surface area (Å²) in [6, 6.07) is 6.00. The van der Waals surface area contributed by atoms with E-state index in [1.165, 1.54) is 12.8 Å². The van der Waals surface area contributed by atoms with Crippen molar-refractivity contribution in [2.45, 2.75) is 25.5 Å². The number of β-amino-alcohol motifs (C(OH)–C–C–N with tert-alkyl or cyclic N) is 1. The average Bonchev–Trinajstić information content (AvgIpc) is 3.25. The van der Waals surface area contributed by atoms with Crippen LogP contribution in [0.3, 0.4) is 0 Å². The summed E-state index contributed by atoms with van der Waals surface area (Å²) in [7, 11) is 3.42. The first kappa shape index (κ1) is 22.3. The lowest BCUT2D eigenvalue weighted by molar-refractivity contribution is 0.0737. The highest BCUT2D eigenvalue weighted by molar-refractivity contribution is 5.40. The van der Waals surface area contributed by atoms with Gasteiger partial charge in [-0.3, -0.25) is 9.80 Å². The molecule has 164 valence electrons. The fourth-order valence-electron chi connectivity index (χ4n) is 4.06. The molecule has 0 spiro atoms. The number of hydrogen-bond donors (Lipinski definition) is 1. The lowest BCUT2D eigenvalue weighted by Crippen LogP contribution is -2.46. The maximum absolute atomic E-state index is 10.4. The van der Waals surface area contributed by atoms with Gasteiger partial charge in [-0.15, -0.1) is 0 Å². The topological polar surface area (TPSA) is 57.6 Å². The number of rotatable bonds is 11. The third-order valence-corrected chi connectivity index (χ3v) is 5.84. The Morgan fingerprint density at radius 1 is 0.966 bits per heavy atom. The molecule has 1 aromatic rings. The van der Waals surface area contributed by atoms with Gasteiger partial charge in [-0.2, -0.15) is 0 Å². The highest BCUT2D eigenvalue weighted by Gasteiger charge is 2.20. The number of piperazine rings is 1. The number of aliphatic hydroxyl groups is 1. The second-order valence-electron chi connectivity index (χ2n) is 8.06. The van der Waals surface area contributed by atoms with Crippen LogP contribution in [0.1, 0.15) is 18.4 Å². The summed E-state index contributed by atoms with van der Waals surface area (Å²) in [6.45, 7) is 9.97. The van der Waals surface area contributed by atoms with Crippen molar-refractivity contribution in [3.63, 3.8) is 0 Å². The van der Waals surface area contributed by atoms with Crippen LogP contribution in [0, 0.1) is 0 Å². The van der Waals surface area contributed by atoms with E-state index < -0.39 is 6.10 Å². The molecule has 0 aliphatic carbocycles. The van der Waals surface area contributed by atoms with Gasteiger partial charge in [0.2, 0.25) is 0 Å². The number of likely N-dealkylation sites (tertiary alicyclic amines) is 1. The molecule has 1 aromatic carbocycles. The Hall–Kier alpha value is -1.38. The molecule has 2 saturated heterocycles. The molecular weight excluding hydrogens is 370 g/mol. The summed E-state index contributed by atoms with van der Waals surface area (Å²) < 4.78 is 16.6. The molecule has 2 aliphatic heterocycles. The van der Waals surface area contributed by atoms with E-state index in [-0.39, 0.29) is 0 Å². The van der Waals surface area contributed by atoms with Gasteiger partial charge in [-0.1, -0.05) is 6.07 Å². The van der Waals surface area contributed by atoms with Gasteiger partial charge in [-0.25, -0.2) is 0 Å². The van der Waals surface area contributed by atoms with E-state index in [2.05, 4.69) is 20.8 Å². The summed E-state index contributed by atoms with van der Waals surface area (Å²) in [6.07, 6.45) is 1.98. The number of benzene rings is 1. The Bertz CT molecular complexity index is 602. The van der Waals surface area contributed by atoms with E-state index >= 15 is 0 Å². The normalized spacial score (nSPS) is 20.1. The Morgan fingerprint density at radius 2 is 1.69 bits per heavy atom. The van der Waals surface area contributed by atoms with Crippen LogP contribution >= 0.6 is 0 Å². The minimum Gasteiger partial charge on any atom is -0.497 e. The summed E-state index contributed by atoms with van der Waals surface area (Å²) in [5.41, 5.74) is 1.14. The smallest absolute Gasteiger partial charge is 0.127 e. The molecule has 7 nitrogen and oxygen atoms in total. The lowest BCUT2D eigenvalue weighted by atomic mass is 10.1. The quantitative estimate of drug-likeness (QED) is 0.593. The predicted molar refractivity (Wildman–Crippen MR) is 114 cm³/mol. The third kappa shape index (κ3) is 7.12. The van der Waals surface area contributed by atoms with Crippen LogP contribution in [0.4, 0.5) is 0 Å². The minimum atomic E-state index is -0.475. The second kappa shape index (κ2) is 11.7. The van der Waals surface area contributed by atoms with Gasteiger partial charge < -0.3 is 24.2 Å². The zero-order valence-corrected chi connectivity index (χ0v) is 18.0. The van der Waals surface area contributed by atoms with Crippen molar-refractivity contribution in [1.82, 2.24) is 14.7 Å². The van der Waals surface area contributed by atoms with Crippen molar-refractivity contribution in [3.05, 3.63) is 23.8 Å². The zero-order valence-electron chi connectivity index (χ0n) is 18.0. The van der Waals surface area contributed by atoms with E-state index in [0.29, 0.717) is 13.2 Å². The number of nitrogens with zero attached hydrogens (tertiary/aromatic N) is 3. The molecule has 0 amide bonds. The molecule has 1 atom stereocenters. The molecule has 1 N–H and O–H groups in total. The van der Waals surface area contributed by atoms with Gasteiger partial charge in [0.15, 0.2) is 0 Å². The van der Waals surface area contributed by atoms with Crippen molar-refractivity contribution in [1.29, 1.82) is 0 Å². The molecule has 1 unspecified atom stereocenters. The number of hydrogen-bond acceptors (Lipinski definition) is 7. The highest BCUT2D eigenvalue weighted by atomic mass is 16.5. The average molecular weight is 408 g/mol. The SMILES string of the molecule is COCCN1CCN(Cc2ccc(OC)cc2OCC(O)CN2CCCC2)CC1. The molecule has 29 heavy (non-hydrogen) atoms. The molecule has 2 aliphatic rings. The summed E-state index contributed by atoms with van der Waals surface area (Å²) in [4.78, 5) is 7.21. The first-order chi connectivity index (χ1) is 14.2. The van der Waals surface area contributed by atoms with Crippen molar-refractivity contribution >= 4 is 0 Å². The maximum atomic E-state index is 10.4. The molecule has 0 aromatic heterocycles. The van der Waals surface area contributed by atoms with E-state index in [1.807, 2.05) is 12.1 Å². The van der Waals surface area contributed by atoms with Crippen LogP contribution in [0.2, 0.25) is 0 Å². The Kier molecular flexibility index (Phi) is 9.01. The van der Waals surface area contributed by atoms with Crippen molar-refractivity contribution in [2.75, 3.05) is 79.8 Å². The number of ether oxygens (including phenoxy) is 3. The number of aliphatic hydroxyl groups excluding tert-OH is 1. The van der Waals surface area contributed by atoms with E-state index in [4.69, 9.17) is 14.2 Å². The molecule has 2 heterocycles. The summed E-state index contributed by atoms with van der Waals surface area (Å²) in [5, 5.41) is 10.4. The first-order valence-electron chi connectivity index (χ1n) is 10.8. The van der Waals surface area contributed by atoms with Crippen LogP contribution in [-0.2, 0) is 11.3 Å². The summed E-state index contributed by atoms with van der Waals surface area (Å²) >= 11 is 0. The molecule has 3 rings (SSSR count). The Morgan fingerprint density at radius 3 is 2.38 bits per heavy atom. The van der Waals surface area contributed by atoms with Gasteiger partial charge >= 0.3 is 0 Å². The van der Waals surface area contributed by atoms with E-state index in [0.717, 1.165) is 76.0 Å². The van der Waals surface area contributed by atoms with Gasteiger partial charge in [0.25, 0.3) is 0 Å². The van der Waals surface area contributed by atoms with Crippen LogP contribution in [0.5, 0.6) is 11.5 Å². The Balaban J connectivity index is 1.53. The fourth-order valence-corrected chi connectivity index (χ4v) is 4.06. The van der Waals surface area contributed by atoms with Gasteiger partial charge in [0.1, 0.15) is 24.2 Å². The zero-order chi connectivity index (χ0) is 20.5. The second-order valence-corrected chi connectivity index (χ2v) is 8.06. The molecular formula is C22H37N3O4. The first-order valence-corrected chi connectivity index (χ1v) is 10.8. The Labute approximate surface area is 175 Å². The van der Waals surface area contributed by atoms with Gasteiger partial charge in [0, 0.05) is 64.6 Å². The van der Waals surface area contributed by atoms with E-state index in [1.54, 1.807) is 14.2 Å². The van der Waals surface area contributed by atoms with Gasteiger partial charge in [0.05, 0.1) is 13.7 Å². The van der Waals surface area contributed by atoms with Crippen molar-refractivity contribution in [2.24, 2.45) is 0 Å². The fraction of sp³-hybridized carbons (Fsp3) is 0.727. The maximum Gasteiger partial charge on any atom is 0.127 e. The van der Waals surface area contributed by atoms with Gasteiger partial charge in [-0.05, 0) is 32.0 Å². The highest BCUT2D eigenvalue weighted by Crippen LogP contribution is 2.27. The predicted octanol–water partition coefficient (Wildman–Crippen LogP) is 1.29. The summed E-state index contributed by atoms with van der Waals surface area (Å²) in [5.74, 6) is 1.59. The van der Waals surface area contributed by atoms with Crippen LogP contribution in [0.15, 0.2) is 18.2 Å². The molecule has 0 saturated carbocycles. The minimum absolute atomic E-state index is 0.307. The van der Waals surface area contributed by atoms with Crippen LogP contribution in [-0.4, -0.2) is 106 Å². The van der Waals surface area contributed by atoms with Crippen LogP contribution < -0.4 is 9.47 Å². The third-order valence-electron chi connectivity index (χ3n) is 5.84. The standard InChI is InChI=1S/C22H37N3O4/c1-27-14-13-23-9-11-25(12-10-23)16-19-5-6-21(28-2)15-22(19)29-18-20(26)17-24-7-3-4-8-24/h5-6,15,20,26H,3-4,7-14,16-18H2,1-2H3. The molecule has 0 bridgehead atoms. The molecule has 2 fully saturated rings. The largest absolute Gasteiger partial charge is 0.497 e. The van der Waals surface area contributed by atoms with Crippen LogP contribution in [0.25, 0.3) is 0 Å². The molecule has 7 heteroatoms. The molecule has 0 radical (unpaired) electrons. The van der Waals surface area contributed by atoms with Crippen molar-refractivity contribution in [3.8, 4) is 11.5 Å². The van der Waals surface area contributed by atoms with E-state index in [9.17, 15) is 5.11 Å². The number of methoxy groups -OCH3 is 2. The monoisotopic (exact) mass is 407 g/mol. The lowest BCUT2D eigenvalue weighted by Gasteiger charge is -2.34.